The van der Waals surface area contributed by atoms with Crippen LogP contribution >= 0.6 is 0 Å². The van der Waals surface area contributed by atoms with Gasteiger partial charge < -0.3 is 15.2 Å². The molecule has 0 aliphatic heterocycles. The Balaban J connectivity index is 1.42. The van der Waals surface area contributed by atoms with Gasteiger partial charge in [0.1, 0.15) is 0 Å². The second-order valence-electron chi connectivity index (χ2n) is 6.33. The van der Waals surface area contributed by atoms with E-state index in [1.807, 2.05) is 24.3 Å². The van der Waals surface area contributed by atoms with Gasteiger partial charge in [-0.1, -0.05) is 30.3 Å². The molecule has 2 N–H and O–H groups in total. The van der Waals surface area contributed by atoms with Crippen molar-refractivity contribution >= 4 is 28.4 Å². The molecule has 5 heteroatoms. The number of anilines is 1. The average molecular weight is 349 g/mol. The molecular formula is C21H23N3O2. The molecule has 0 saturated heterocycles. The normalized spacial score (nSPS) is 10.7. The van der Waals surface area contributed by atoms with Crippen LogP contribution in [0.1, 0.15) is 18.9 Å². The lowest BCUT2D eigenvalue weighted by atomic mass is 10.1. The highest BCUT2D eigenvalue weighted by atomic mass is 16.2. The Morgan fingerprint density at radius 2 is 1.77 bits per heavy atom. The Morgan fingerprint density at radius 1 is 1.00 bits per heavy atom. The van der Waals surface area contributed by atoms with Crippen LogP contribution in [-0.4, -0.2) is 22.9 Å². The number of nitrogens with zero attached hydrogens (tertiary/aromatic N) is 1. The molecule has 0 fully saturated rings. The van der Waals surface area contributed by atoms with Crippen LogP contribution in [0.4, 0.5) is 5.69 Å². The van der Waals surface area contributed by atoms with E-state index in [1.165, 1.54) is 17.8 Å². The van der Waals surface area contributed by atoms with Crippen LogP contribution in [-0.2, 0) is 22.6 Å². The van der Waals surface area contributed by atoms with Gasteiger partial charge in [0.15, 0.2) is 0 Å². The van der Waals surface area contributed by atoms with Crippen LogP contribution < -0.4 is 10.6 Å². The van der Waals surface area contributed by atoms with Gasteiger partial charge in [0.05, 0.1) is 6.42 Å². The van der Waals surface area contributed by atoms with Crippen LogP contribution in [0.15, 0.2) is 60.8 Å². The molecule has 0 bridgehead atoms. The predicted octanol–water partition coefficient (Wildman–Crippen LogP) is 3.35. The minimum Gasteiger partial charge on any atom is -0.356 e. The molecule has 3 rings (SSSR count). The van der Waals surface area contributed by atoms with Gasteiger partial charge in [0, 0.05) is 37.4 Å². The number of benzene rings is 2. The molecular weight excluding hydrogens is 326 g/mol. The van der Waals surface area contributed by atoms with Crippen molar-refractivity contribution in [2.45, 2.75) is 26.3 Å². The van der Waals surface area contributed by atoms with Crippen LogP contribution in [0.3, 0.4) is 0 Å². The van der Waals surface area contributed by atoms with Crippen molar-refractivity contribution in [2.75, 3.05) is 11.9 Å². The van der Waals surface area contributed by atoms with Gasteiger partial charge in [-0.05, 0) is 41.6 Å². The van der Waals surface area contributed by atoms with Crippen molar-refractivity contribution in [3.05, 3.63) is 66.4 Å². The molecule has 0 radical (unpaired) electrons. The van der Waals surface area contributed by atoms with Gasteiger partial charge in [-0.15, -0.1) is 0 Å². The highest BCUT2D eigenvalue weighted by Gasteiger charge is 2.04. The summed E-state index contributed by atoms with van der Waals surface area (Å²) in [5.74, 6) is -0.0967. The van der Waals surface area contributed by atoms with E-state index >= 15 is 0 Å². The Morgan fingerprint density at radius 3 is 2.54 bits per heavy atom. The molecule has 0 spiro atoms. The Kier molecular flexibility index (Phi) is 5.69. The van der Waals surface area contributed by atoms with Crippen molar-refractivity contribution in [3.63, 3.8) is 0 Å². The maximum absolute atomic E-state index is 12.1. The second kappa shape index (κ2) is 8.34. The first-order valence-electron chi connectivity index (χ1n) is 8.79. The predicted molar refractivity (Wildman–Crippen MR) is 104 cm³/mol. The van der Waals surface area contributed by atoms with Crippen LogP contribution in [0, 0.1) is 0 Å². The van der Waals surface area contributed by atoms with Crippen LogP contribution in [0.25, 0.3) is 10.9 Å². The van der Waals surface area contributed by atoms with Crippen molar-refractivity contribution in [2.24, 2.45) is 0 Å². The number of para-hydroxylation sites is 1. The third-order valence-corrected chi connectivity index (χ3v) is 4.22. The number of nitrogens with one attached hydrogen (secondary N) is 2. The molecule has 0 unspecified atom stereocenters. The maximum atomic E-state index is 12.1. The SMILES string of the molecule is CC(=O)Nc1ccc(CC(=O)NCCCn2ccc3ccccc32)cc1. The summed E-state index contributed by atoms with van der Waals surface area (Å²) in [7, 11) is 0. The maximum Gasteiger partial charge on any atom is 0.224 e. The Labute approximate surface area is 153 Å². The van der Waals surface area contributed by atoms with E-state index in [9.17, 15) is 9.59 Å². The van der Waals surface area contributed by atoms with Crippen LogP contribution in [0.2, 0.25) is 0 Å². The number of rotatable bonds is 7. The molecule has 5 nitrogen and oxygen atoms in total. The first-order valence-corrected chi connectivity index (χ1v) is 8.79. The molecule has 0 aliphatic rings. The summed E-state index contributed by atoms with van der Waals surface area (Å²) in [4.78, 5) is 23.1. The first-order chi connectivity index (χ1) is 12.6. The molecule has 134 valence electrons. The van der Waals surface area contributed by atoms with Gasteiger partial charge in [-0.3, -0.25) is 9.59 Å². The smallest absolute Gasteiger partial charge is 0.224 e. The Hall–Kier alpha value is -3.08. The number of hydrogen-bond acceptors (Lipinski definition) is 2. The number of hydrogen-bond donors (Lipinski definition) is 2. The lowest BCUT2D eigenvalue weighted by Crippen LogP contribution is -2.26. The third-order valence-electron chi connectivity index (χ3n) is 4.22. The summed E-state index contributed by atoms with van der Waals surface area (Å²) >= 11 is 0. The highest BCUT2D eigenvalue weighted by Crippen LogP contribution is 2.15. The fourth-order valence-electron chi connectivity index (χ4n) is 2.97. The molecule has 26 heavy (non-hydrogen) atoms. The third kappa shape index (κ3) is 4.72. The number of carbonyl (C=O) groups is 2. The lowest BCUT2D eigenvalue weighted by molar-refractivity contribution is -0.120. The van der Waals surface area contributed by atoms with Crippen molar-refractivity contribution < 1.29 is 9.59 Å². The van der Waals surface area contributed by atoms with E-state index in [-0.39, 0.29) is 11.8 Å². The van der Waals surface area contributed by atoms with E-state index in [4.69, 9.17) is 0 Å². The van der Waals surface area contributed by atoms with Crippen molar-refractivity contribution in [3.8, 4) is 0 Å². The summed E-state index contributed by atoms with van der Waals surface area (Å²) in [5, 5.41) is 6.91. The zero-order valence-electron chi connectivity index (χ0n) is 14.9. The van der Waals surface area contributed by atoms with Crippen molar-refractivity contribution in [1.82, 2.24) is 9.88 Å². The largest absolute Gasteiger partial charge is 0.356 e. The van der Waals surface area contributed by atoms with Gasteiger partial charge >= 0.3 is 0 Å². The summed E-state index contributed by atoms with van der Waals surface area (Å²) in [5.41, 5.74) is 2.88. The summed E-state index contributed by atoms with van der Waals surface area (Å²) < 4.78 is 2.21. The molecule has 0 atom stereocenters. The Bertz CT molecular complexity index is 897. The number of carbonyl (C=O) groups excluding carboxylic acids is 2. The number of amides is 2. The van der Waals surface area contributed by atoms with E-state index in [2.05, 4.69) is 39.6 Å². The van der Waals surface area contributed by atoms with E-state index in [0.717, 1.165) is 24.2 Å². The standard InChI is InChI=1S/C21H23N3O2/c1-16(25)23-19-9-7-17(8-10-19)15-21(26)22-12-4-13-24-14-11-18-5-2-3-6-20(18)24/h2-3,5-11,14H,4,12-13,15H2,1H3,(H,22,26)(H,23,25). The number of fused-ring (bicyclic) bond motifs is 1. The molecule has 0 saturated carbocycles. The zero-order valence-corrected chi connectivity index (χ0v) is 14.9. The molecule has 3 aromatic rings. The van der Waals surface area contributed by atoms with Crippen molar-refractivity contribution in [1.29, 1.82) is 0 Å². The van der Waals surface area contributed by atoms with Gasteiger partial charge in [-0.25, -0.2) is 0 Å². The van der Waals surface area contributed by atoms with E-state index < -0.39 is 0 Å². The second-order valence-corrected chi connectivity index (χ2v) is 6.33. The monoisotopic (exact) mass is 349 g/mol. The highest BCUT2D eigenvalue weighted by molar-refractivity contribution is 5.88. The number of aromatic nitrogens is 1. The average Bonchev–Trinajstić information content (AvgIpc) is 3.03. The molecule has 2 amide bonds. The topological polar surface area (TPSA) is 63.1 Å². The van der Waals surface area contributed by atoms with E-state index in [1.54, 1.807) is 12.1 Å². The molecule has 1 heterocycles. The minimum absolute atomic E-state index is 0.00893. The minimum atomic E-state index is -0.106. The molecule has 0 aliphatic carbocycles. The number of aryl methyl sites for hydroxylation is 1. The fraction of sp³-hybridized carbons (Fsp3) is 0.238. The fourth-order valence-corrected chi connectivity index (χ4v) is 2.97. The lowest BCUT2D eigenvalue weighted by Gasteiger charge is -2.08. The van der Waals surface area contributed by atoms with E-state index in [0.29, 0.717) is 13.0 Å². The zero-order chi connectivity index (χ0) is 18.4. The van der Waals surface area contributed by atoms with Gasteiger partial charge in [-0.2, -0.15) is 0 Å². The summed E-state index contributed by atoms with van der Waals surface area (Å²) in [6, 6.07) is 17.7. The molecule has 1 aromatic heterocycles. The van der Waals surface area contributed by atoms with Gasteiger partial charge in [0.2, 0.25) is 11.8 Å². The summed E-state index contributed by atoms with van der Waals surface area (Å²) in [6.45, 7) is 2.99. The summed E-state index contributed by atoms with van der Waals surface area (Å²) in [6.07, 6.45) is 3.31. The van der Waals surface area contributed by atoms with Crippen LogP contribution in [0.5, 0.6) is 0 Å². The van der Waals surface area contributed by atoms with Gasteiger partial charge in [0.25, 0.3) is 0 Å². The quantitative estimate of drug-likeness (QED) is 0.643. The first kappa shape index (κ1) is 17.7. The molecule has 2 aromatic carbocycles.